The van der Waals surface area contributed by atoms with Crippen LogP contribution in [0.15, 0.2) is 41.5 Å². The first-order valence-corrected chi connectivity index (χ1v) is 7.61. The third-order valence-corrected chi connectivity index (χ3v) is 4.66. The minimum absolute atomic E-state index is 0.317. The SMILES string of the molecule is Cc1sc2ncn([C@@H](C)C(=O)O)c(=O)c2c1-c1ccccc1. The molecule has 0 amide bonds. The van der Waals surface area contributed by atoms with Crippen molar-refractivity contribution in [3.63, 3.8) is 0 Å². The Balaban J connectivity index is 2.35. The number of carbonyl (C=O) groups is 1. The molecule has 0 fully saturated rings. The van der Waals surface area contributed by atoms with Gasteiger partial charge in [-0.3, -0.25) is 9.36 Å². The summed E-state index contributed by atoms with van der Waals surface area (Å²) >= 11 is 1.44. The summed E-state index contributed by atoms with van der Waals surface area (Å²) in [6.45, 7) is 3.41. The average Bonchev–Trinajstić information content (AvgIpc) is 2.85. The van der Waals surface area contributed by atoms with E-state index in [2.05, 4.69) is 4.98 Å². The van der Waals surface area contributed by atoms with Crippen LogP contribution in [0.5, 0.6) is 0 Å². The molecule has 0 aliphatic rings. The molecular formula is C16H14N2O3S. The molecule has 2 heterocycles. The van der Waals surface area contributed by atoms with Gasteiger partial charge in [0.05, 0.1) is 11.7 Å². The van der Waals surface area contributed by atoms with E-state index in [9.17, 15) is 9.59 Å². The van der Waals surface area contributed by atoms with Gasteiger partial charge in [-0.1, -0.05) is 30.3 Å². The summed E-state index contributed by atoms with van der Waals surface area (Å²) in [5.74, 6) is -1.06. The molecule has 1 N–H and O–H groups in total. The minimum atomic E-state index is -1.06. The Hall–Kier alpha value is -2.47. The molecule has 0 bridgehead atoms. The number of thiophene rings is 1. The number of aromatic nitrogens is 2. The number of aryl methyl sites for hydroxylation is 1. The lowest BCUT2D eigenvalue weighted by molar-refractivity contribution is -0.140. The van der Waals surface area contributed by atoms with Crippen LogP contribution in [0, 0.1) is 6.92 Å². The predicted octanol–water partition coefficient (Wildman–Crippen LogP) is 3.08. The first-order valence-electron chi connectivity index (χ1n) is 6.79. The van der Waals surface area contributed by atoms with Gasteiger partial charge in [0.25, 0.3) is 5.56 Å². The number of hydrogen-bond acceptors (Lipinski definition) is 4. The van der Waals surface area contributed by atoms with E-state index in [4.69, 9.17) is 5.11 Å². The van der Waals surface area contributed by atoms with Gasteiger partial charge in [0, 0.05) is 10.4 Å². The molecule has 0 saturated heterocycles. The van der Waals surface area contributed by atoms with Gasteiger partial charge < -0.3 is 5.11 Å². The smallest absolute Gasteiger partial charge is 0.326 e. The van der Waals surface area contributed by atoms with E-state index in [1.54, 1.807) is 0 Å². The van der Waals surface area contributed by atoms with Crippen LogP contribution >= 0.6 is 11.3 Å². The number of benzene rings is 1. The van der Waals surface area contributed by atoms with Crippen molar-refractivity contribution in [3.05, 3.63) is 51.9 Å². The minimum Gasteiger partial charge on any atom is -0.480 e. The van der Waals surface area contributed by atoms with Gasteiger partial charge >= 0.3 is 5.97 Å². The van der Waals surface area contributed by atoms with Gasteiger partial charge in [0.2, 0.25) is 0 Å². The Morgan fingerprint density at radius 3 is 2.64 bits per heavy atom. The van der Waals surface area contributed by atoms with Gasteiger partial charge in [0.1, 0.15) is 10.9 Å². The van der Waals surface area contributed by atoms with Crippen molar-refractivity contribution < 1.29 is 9.90 Å². The zero-order chi connectivity index (χ0) is 15.9. The monoisotopic (exact) mass is 314 g/mol. The van der Waals surface area contributed by atoms with Gasteiger partial charge in [0.15, 0.2) is 0 Å². The third kappa shape index (κ3) is 2.21. The molecule has 2 aromatic heterocycles. The average molecular weight is 314 g/mol. The highest BCUT2D eigenvalue weighted by atomic mass is 32.1. The number of carboxylic acid groups (broad SMARTS) is 1. The van der Waals surface area contributed by atoms with Gasteiger partial charge in [-0.25, -0.2) is 9.78 Å². The second kappa shape index (κ2) is 5.38. The van der Waals surface area contributed by atoms with Crippen LogP contribution in [0.3, 0.4) is 0 Å². The van der Waals surface area contributed by atoms with E-state index in [1.165, 1.54) is 29.2 Å². The van der Waals surface area contributed by atoms with E-state index in [1.807, 2.05) is 37.3 Å². The lowest BCUT2D eigenvalue weighted by atomic mass is 10.0. The molecule has 6 heteroatoms. The van der Waals surface area contributed by atoms with Crippen LogP contribution in [0.1, 0.15) is 17.8 Å². The van der Waals surface area contributed by atoms with Crippen LogP contribution in [-0.2, 0) is 4.79 Å². The van der Waals surface area contributed by atoms with Gasteiger partial charge in [-0.05, 0) is 19.4 Å². The zero-order valence-electron chi connectivity index (χ0n) is 12.1. The van der Waals surface area contributed by atoms with Crippen LogP contribution in [0.2, 0.25) is 0 Å². The highest BCUT2D eigenvalue weighted by Crippen LogP contribution is 2.35. The molecule has 0 spiro atoms. The molecule has 0 radical (unpaired) electrons. The summed E-state index contributed by atoms with van der Waals surface area (Å²) in [5.41, 5.74) is 1.46. The van der Waals surface area contributed by atoms with E-state index >= 15 is 0 Å². The fraction of sp³-hybridized carbons (Fsp3) is 0.188. The van der Waals surface area contributed by atoms with Crippen LogP contribution in [0.25, 0.3) is 21.3 Å². The second-order valence-corrected chi connectivity index (χ2v) is 6.25. The highest BCUT2D eigenvalue weighted by Gasteiger charge is 2.21. The zero-order valence-corrected chi connectivity index (χ0v) is 12.9. The van der Waals surface area contributed by atoms with Crippen LogP contribution in [0.4, 0.5) is 0 Å². The number of nitrogens with zero attached hydrogens (tertiary/aromatic N) is 2. The Bertz CT molecular complexity index is 912. The van der Waals surface area contributed by atoms with Crippen molar-refractivity contribution in [3.8, 4) is 11.1 Å². The molecule has 1 atom stereocenters. The van der Waals surface area contributed by atoms with Crippen molar-refractivity contribution >= 4 is 27.5 Å². The maximum Gasteiger partial charge on any atom is 0.326 e. The topological polar surface area (TPSA) is 72.2 Å². The Labute approximate surface area is 130 Å². The van der Waals surface area contributed by atoms with Crippen molar-refractivity contribution in [1.29, 1.82) is 0 Å². The first-order chi connectivity index (χ1) is 10.5. The largest absolute Gasteiger partial charge is 0.480 e. The third-order valence-electron chi connectivity index (χ3n) is 3.65. The molecule has 3 rings (SSSR count). The number of carboxylic acids is 1. The Kier molecular flexibility index (Phi) is 3.54. The maximum absolute atomic E-state index is 12.7. The maximum atomic E-state index is 12.7. The lowest BCUT2D eigenvalue weighted by Gasteiger charge is -2.10. The summed E-state index contributed by atoms with van der Waals surface area (Å²) in [6.07, 6.45) is 1.31. The standard InChI is InChI=1S/C16H14N2O3S/c1-9(16(20)21)18-8-17-14-13(15(18)19)12(10(2)22-14)11-6-4-3-5-7-11/h3-9H,1-2H3,(H,20,21)/t9-/m0/s1. The summed E-state index contributed by atoms with van der Waals surface area (Å²) in [7, 11) is 0. The highest BCUT2D eigenvalue weighted by molar-refractivity contribution is 7.19. The molecule has 0 aliphatic heterocycles. The van der Waals surface area contributed by atoms with Gasteiger partial charge in [-0.2, -0.15) is 0 Å². The van der Waals surface area contributed by atoms with Crippen molar-refractivity contribution in [2.75, 3.05) is 0 Å². The fourth-order valence-electron chi connectivity index (χ4n) is 2.46. The molecule has 0 unspecified atom stereocenters. The van der Waals surface area contributed by atoms with E-state index in [-0.39, 0.29) is 5.56 Å². The molecule has 22 heavy (non-hydrogen) atoms. The molecule has 1 aromatic carbocycles. The first kappa shape index (κ1) is 14.5. The van der Waals surface area contributed by atoms with Crippen LogP contribution in [-0.4, -0.2) is 20.6 Å². The van der Waals surface area contributed by atoms with Gasteiger partial charge in [-0.15, -0.1) is 11.3 Å². The lowest BCUT2D eigenvalue weighted by Crippen LogP contribution is -2.28. The Morgan fingerprint density at radius 1 is 1.32 bits per heavy atom. The van der Waals surface area contributed by atoms with Crippen molar-refractivity contribution in [2.45, 2.75) is 19.9 Å². The number of fused-ring (bicyclic) bond motifs is 1. The van der Waals surface area contributed by atoms with E-state index < -0.39 is 12.0 Å². The summed E-state index contributed by atoms with van der Waals surface area (Å²) in [5, 5.41) is 9.63. The quantitative estimate of drug-likeness (QED) is 0.806. The Morgan fingerprint density at radius 2 is 2.00 bits per heavy atom. The normalized spacial score (nSPS) is 12.5. The summed E-state index contributed by atoms with van der Waals surface area (Å²) < 4.78 is 1.17. The van der Waals surface area contributed by atoms with E-state index in [0.29, 0.717) is 10.2 Å². The van der Waals surface area contributed by atoms with Crippen molar-refractivity contribution in [2.24, 2.45) is 0 Å². The summed E-state index contributed by atoms with van der Waals surface area (Å²) in [6, 6.07) is 8.65. The number of rotatable bonds is 3. The van der Waals surface area contributed by atoms with Crippen molar-refractivity contribution in [1.82, 2.24) is 9.55 Å². The summed E-state index contributed by atoms with van der Waals surface area (Å²) in [4.78, 5) is 29.8. The molecule has 3 aromatic rings. The predicted molar refractivity (Wildman–Crippen MR) is 86.4 cm³/mol. The molecule has 0 saturated carbocycles. The molecular weight excluding hydrogens is 300 g/mol. The number of hydrogen-bond donors (Lipinski definition) is 1. The van der Waals surface area contributed by atoms with Crippen LogP contribution < -0.4 is 5.56 Å². The fourth-order valence-corrected chi connectivity index (χ4v) is 3.47. The molecule has 5 nitrogen and oxygen atoms in total. The second-order valence-electron chi connectivity index (χ2n) is 5.05. The van der Waals surface area contributed by atoms with E-state index in [0.717, 1.165) is 16.0 Å². The molecule has 0 aliphatic carbocycles. The number of aliphatic carboxylic acids is 1. The molecule has 112 valence electrons.